The zero-order chi connectivity index (χ0) is 23.3. The molecule has 3 aromatic heterocycles. The van der Waals surface area contributed by atoms with Gasteiger partial charge in [-0.15, -0.1) is 0 Å². The maximum atomic E-state index is 12.7. The number of alkyl halides is 3. The van der Waals surface area contributed by atoms with Crippen molar-refractivity contribution in [3.8, 4) is 11.5 Å². The van der Waals surface area contributed by atoms with E-state index in [0.29, 0.717) is 23.7 Å². The fraction of sp³-hybridized carbons (Fsp3) is 0.158. The summed E-state index contributed by atoms with van der Waals surface area (Å²) < 4.78 is 65.9. The largest absolute Gasteiger partial charge is 0.404 e. The molecule has 3 heterocycles. The summed E-state index contributed by atoms with van der Waals surface area (Å²) in [5.41, 5.74) is 6.93. The number of halogens is 3. The maximum Gasteiger partial charge on any atom is 0.404 e. The van der Waals surface area contributed by atoms with Gasteiger partial charge in [-0.05, 0) is 31.2 Å². The van der Waals surface area contributed by atoms with Gasteiger partial charge in [0.15, 0.2) is 5.82 Å². The highest BCUT2D eigenvalue weighted by atomic mass is 32.2. The second kappa shape index (κ2) is 7.53. The minimum Gasteiger partial charge on any atom is -0.366 e. The molecule has 32 heavy (non-hydrogen) atoms. The van der Waals surface area contributed by atoms with E-state index in [9.17, 15) is 26.4 Å². The second-order valence-corrected chi connectivity index (χ2v) is 8.59. The number of amides is 1. The van der Waals surface area contributed by atoms with E-state index in [1.54, 1.807) is 34.9 Å². The van der Waals surface area contributed by atoms with Gasteiger partial charge in [0.1, 0.15) is 22.3 Å². The molecule has 0 unspecified atom stereocenters. The number of rotatable bonds is 6. The molecule has 4 rings (SSSR count). The standard InChI is InChI=1S/C19H15F3N6O3S/c1-10(19(20,21)22)27-32(30,31)12-8-25-17(26-9-12)15-14(16(23)29)13-6-3-7-24-18(13)28(15)11-4-2-5-11/h2-10,27H,1H3,(H2,23,29)/t10-/m0/s1. The van der Waals surface area contributed by atoms with Crippen molar-refractivity contribution in [1.29, 1.82) is 0 Å². The molecule has 166 valence electrons. The fourth-order valence-electron chi connectivity index (χ4n) is 3.10. The van der Waals surface area contributed by atoms with E-state index in [1.165, 1.54) is 10.9 Å². The van der Waals surface area contributed by atoms with Crippen molar-refractivity contribution >= 4 is 32.7 Å². The quantitative estimate of drug-likeness (QED) is 0.575. The van der Waals surface area contributed by atoms with E-state index in [1.807, 2.05) is 0 Å². The van der Waals surface area contributed by atoms with Gasteiger partial charge in [-0.3, -0.25) is 9.36 Å². The number of nitrogens with zero attached hydrogens (tertiary/aromatic N) is 4. The lowest BCUT2D eigenvalue weighted by Crippen LogP contribution is -2.43. The van der Waals surface area contributed by atoms with Crippen molar-refractivity contribution in [2.24, 2.45) is 5.73 Å². The topological polar surface area (TPSA) is 133 Å². The third-order valence-electron chi connectivity index (χ3n) is 4.74. The normalized spacial score (nSPS) is 14.8. The molecular weight excluding hydrogens is 449 g/mol. The zero-order valence-electron chi connectivity index (χ0n) is 16.3. The van der Waals surface area contributed by atoms with Crippen LogP contribution in [0.15, 0.2) is 53.8 Å². The molecule has 3 aromatic rings. The van der Waals surface area contributed by atoms with Crippen molar-refractivity contribution in [1.82, 2.24) is 24.2 Å². The molecule has 1 aliphatic rings. The van der Waals surface area contributed by atoms with Gasteiger partial charge in [-0.25, -0.2) is 23.4 Å². The van der Waals surface area contributed by atoms with Gasteiger partial charge in [-0.2, -0.15) is 17.9 Å². The van der Waals surface area contributed by atoms with Crippen molar-refractivity contribution in [3.05, 3.63) is 54.5 Å². The number of pyridine rings is 1. The Morgan fingerprint density at radius 1 is 1.22 bits per heavy atom. The first-order chi connectivity index (χ1) is 15.0. The number of sulfonamides is 1. The van der Waals surface area contributed by atoms with Crippen LogP contribution in [0.4, 0.5) is 13.2 Å². The fourth-order valence-corrected chi connectivity index (χ4v) is 4.22. The van der Waals surface area contributed by atoms with Crippen LogP contribution in [0.2, 0.25) is 0 Å². The Hall–Kier alpha value is -3.58. The third kappa shape index (κ3) is 3.65. The number of hydrogen-bond donors (Lipinski definition) is 2. The Labute approximate surface area is 179 Å². The van der Waals surface area contributed by atoms with Crippen LogP contribution in [0.3, 0.4) is 0 Å². The van der Waals surface area contributed by atoms with Crippen LogP contribution in [0, 0.1) is 0 Å². The van der Waals surface area contributed by atoms with Gasteiger partial charge >= 0.3 is 6.18 Å². The Balaban J connectivity index is 1.83. The summed E-state index contributed by atoms with van der Waals surface area (Å²) in [6.07, 6.45) is 3.76. The van der Waals surface area contributed by atoms with Gasteiger partial charge in [0, 0.05) is 17.3 Å². The number of nitrogens with two attached hydrogens (primary N) is 1. The van der Waals surface area contributed by atoms with Crippen LogP contribution < -0.4 is 10.5 Å². The van der Waals surface area contributed by atoms with Crippen LogP contribution in [-0.2, 0) is 10.0 Å². The average Bonchev–Trinajstić information content (AvgIpc) is 3.01. The van der Waals surface area contributed by atoms with Crippen molar-refractivity contribution in [2.45, 2.75) is 24.0 Å². The molecule has 1 amide bonds. The number of carbonyl (C=O) groups excluding carboxylic acids is 1. The zero-order valence-corrected chi connectivity index (χ0v) is 17.1. The predicted molar refractivity (Wildman–Crippen MR) is 109 cm³/mol. The molecule has 9 nitrogen and oxygen atoms in total. The van der Waals surface area contributed by atoms with E-state index in [-0.39, 0.29) is 17.1 Å². The lowest BCUT2D eigenvalue weighted by molar-refractivity contribution is -0.147. The van der Waals surface area contributed by atoms with Gasteiger partial charge in [0.05, 0.1) is 18.0 Å². The molecule has 3 N–H and O–H groups in total. The van der Waals surface area contributed by atoms with Crippen LogP contribution >= 0.6 is 0 Å². The average molecular weight is 464 g/mol. The molecule has 13 heteroatoms. The maximum absolute atomic E-state index is 12.7. The lowest BCUT2D eigenvalue weighted by atomic mass is 10.1. The molecule has 0 aliphatic heterocycles. The number of carbonyl (C=O) groups is 1. The first kappa shape index (κ1) is 21.6. The first-order valence-electron chi connectivity index (χ1n) is 9.10. The van der Waals surface area contributed by atoms with Gasteiger partial charge in [-0.1, -0.05) is 6.08 Å². The molecule has 0 bridgehead atoms. The predicted octanol–water partition coefficient (Wildman–Crippen LogP) is 2.23. The minimum atomic E-state index is -4.76. The Kier molecular flexibility index (Phi) is 5.09. The molecule has 0 radical (unpaired) electrons. The Morgan fingerprint density at radius 2 is 1.88 bits per heavy atom. The SMILES string of the molecule is C[C@H](NS(=O)(=O)c1cnc(-c2c(C(N)=O)c3cccnc3n2C2=CC=C2)nc1)C(F)(F)F. The number of aromatic nitrogens is 4. The molecule has 1 aliphatic carbocycles. The molecule has 0 saturated carbocycles. The molecule has 0 spiro atoms. The van der Waals surface area contributed by atoms with Crippen LogP contribution in [-0.4, -0.2) is 46.1 Å². The van der Waals surface area contributed by atoms with E-state index < -0.39 is 33.0 Å². The van der Waals surface area contributed by atoms with Crippen molar-refractivity contribution in [3.63, 3.8) is 0 Å². The molecule has 0 fully saturated rings. The smallest absolute Gasteiger partial charge is 0.366 e. The lowest BCUT2D eigenvalue weighted by Gasteiger charge is -2.17. The third-order valence-corrected chi connectivity index (χ3v) is 6.24. The molecule has 0 aromatic carbocycles. The number of hydrogen-bond acceptors (Lipinski definition) is 6. The molecule has 1 atom stereocenters. The summed E-state index contributed by atoms with van der Waals surface area (Å²) in [7, 11) is -4.54. The highest BCUT2D eigenvalue weighted by Gasteiger charge is 2.39. The van der Waals surface area contributed by atoms with Crippen LogP contribution in [0.5, 0.6) is 0 Å². The number of nitrogens with one attached hydrogen (secondary N) is 1. The van der Waals surface area contributed by atoms with Crippen molar-refractivity contribution in [2.75, 3.05) is 0 Å². The minimum absolute atomic E-state index is 0.0548. The van der Waals surface area contributed by atoms with E-state index in [0.717, 1.165) is 12.4 Å². The number of primary amides is 1. The van der Waals surface area contributed by atoms with Crippen molar-refractivity contribution < 1.29 is 26.4 Å². The highest BCUT2D eigenvalue weighted by Crippen LogP contribution is 2.35. The van der Waals surface area contributed by atoms with E-state index in [4.69, 9.17) is 5.73 Å². The van der Waals surface area contributed by atoms with E-state index >= 15 is 0 Å². The summed E-state index contributed by atoms with van der Waals surface area (Å²) in [6.45, 7) is 0.678. The van der Waals surface area contributed by atoms with Gasteiger partial charge in [0.2, 0.25) is 10.0 Å². The molecular formula is C19H15F3N6O3S. The Bertz CT molecular complexity index is 1390. The summed E-state index contributed by atoms with van der Waals surface area (Å²) >= 11 is 0. The van der Waals surface area contributed by atoms with Gasteiger partial charge in [0.25, 0.3) is 5.91 Å². The second-order valence-electron chi connectivity index (χ2n) is 6.88. The van der Waals surface area contributed by atoms with Gasteiger partial charge < -0.3 is 5.73 Å². The van der Waals surface area contributed by atoms with Crippen LogP contribution in [0.1, 0.15) is 17.3 Å². The summed E-state index contributed by atoms with van der Waals surface area (Å²) in [5, 5.41) is 0.442. The first-order valence-corrected chi connectivity index (χ1v) is 10.6. The summed E-state index contributed by atoms with van der Waals surface area (Å²) in [6, 6.07) is 0.962. The Morgan fingerprint density at radius 3 is 2.41 bits per heavy atom. The summed E-state index contributed by atoms with van der Waals surface area (Å²) in [5.74, 6) is -0.831. The highest BCUT2D eigenvalue weighted by molar-refractivity contribution is 7.89. The monoisotopic (exact) mass is 464 g/mol. The van der Waals surface area contributed by atoms with E-state index in [2.05, 4.69) is 15.0 Å². The van der Waals surface area contributed by atoms with Crippen LogP contribution in [0.25, 0.3) is 28.2 Å². The summed E-state index contributed by atoms with van der Waals surface area (Å²) in [4.78, 5) is 24.0. The molecule has 0 saturated heterocycles. The number of fused-ring (bicyclic) bond motifs is 1. The number of allylic oxidation sites excluding steroid dienone is 4.